The SMILES string of the molecule is CNC(Cc1ncccc1C)c1cc(OC)cc(OC)c1. The molecular formula is C17H22N2O2. The van der Waals surface area contributed by atoms with Crippen molar-refractivity contribution in [3.05, 3.63) is 53.3 Å². The highest BCUT2D eigenvalue weighted by Crippen LogP contribution is 2.28. The van der Waals surface area contributed by atoms with E-state index >= 15 is 0 Å². The molecule has 4 nitrogen and oxygen atoms in total. The summed E-state index contributed by atoms with van der Waals surface area (Å²) in [4.78, 5) is 4.47. The van der Waals surface area contributed by atoms with Crippen molar-refractivity contribution in [1.82, 2.24) is 10.3 Å². The average Bonchev–Trinajstić information content (AvgIpc) is 2.53. The number of aromatic nitrogens is 1. The summed E-state index contributed by atoms with van der Waals surface area (Å²) in [6, 6.07) is 10.1. The van der Waals surface area contributed by atoms with Crippen molar-refractivity contribution >= 4 is 0 Å². The molecule has 1 unspecified atom stereocenters. The number of benzene rings is 1. The van der Waals surface area contributed by atoms with Crippen LogP contribution in [0.1, 0.15) is 22.9 Å². The third-order valence-corrected chi connectivity index (χ3v) is 3.64. The molecule has 2 aromatic rings. The van der Waals surface area contributed by atoms with E-state index in [0.29, 0.717) is 0 Å². The second-order valence-electron chi connectivity index (χ2n) is 4.96. The minimum Gasteiger partial charge on any atom is -0.497 e. The van der Waals surface area contributed by atoms with Crippen molar-refractivity contribution in [2.24, 2.45) is 0 Å². The first-order valence-electron chi connectivity index (χ1n) is 6.98. The number of methoxy groups -OCH3 is 2. The standard InChI is InChI=1S/C17H22N2O2/c1-12-6-5-7-19-16(12)11-17(18-2)13-8-14(20-3)10-15(9-13)21-4/h5-10,17-18H,11H2,1-4H3. The smallest absolute Gasteiger partial charge is 0.122 e. The highest BCUT2D eigenvalue weighted by atomic mass is 16.5. The van der Waals surface area contributed by atoms with Gasteiger partial charge in [-0.2, -0.15) is 0 Å². The molecule has 1 atom stereocenters. The average molecular weight is 286 g/mol. The third-order valence-electron chi connectivity index (χ3n) is 3.64. The molecule has 4 heteroatoms. The number of hydrogen-bond acceptors (Lipinski definition) is 4. The Kier molecular flexibility index (Phi) is 5.17. The Labute approximate surface area is 126 Å². The predicted molar refractivity (Wildman–Crippen MR) is 84.0 cm³/mol. The Balaban J connectivity index is 2.31. The van der Waals surface area contributed by atoms with E-state index in [1.54, 1.807) is 14.2 Å². The Morgan fingerprint density at radius 3 is 2.33 bits per heavy atom. The van der Waals surface area contributed by atoms with E-state index < -0.39 is 0 Å². The minimum absolute atomic E-state index is 0.155. The Morgan fingerprint density at radius 2 is 1.81 bits per heavy atom. The van der Waals surface area contributed by atoms with Crippen molar-refractivity contribution in [3.63, 3.8) is 0 Å². The highest BCUT2D eigenvalue weighted by Gasteiger charge is 2.14. The number of nitrogens with zero attached hydrogens (tertiary/aromatic N) is 1. The van der Waals surface area contributed by atoms with Gasteiger partial charge in [-0.3, -0.25) is 4.98 Å². The fraction of sp³-hybridized carbons (Fsp3) is 0.353. The lowest BCUT2D eigenvalue weighted by molar-refractivity contribution is 0.391. The van der Waals surface area contributed by atoms with E-state index in [1.165, 1.54) is 5.56 Å². The molecule has 0 aliphatic heterocycles. The molecule has 0 radical (unpaired) electrons. The number of aryl methyl sites for hydroxylation is 1. The van der Waals surface area contributed by atoms with Crippen LogP contribution in [-0.2, 0) is 6.42 Å². The predicted octanol–water partition coefficient (Wildman–Crippen LogP) is 2.91. The molecule has 0 amide bonds. The molecule has 1 heterocycles. The second kappa shape index (κ2) is 7.09. The highest BCUT2D eigenvalue weighted by molar-refractivity contribution is 5.40. The minimum atomic E-state index is 0.155. The molecule has 0 aliphatic rings. The summed E-state index contributed by atoms with van der Waals surface area (Å²) in [5.41, 5.74) is 3.42. The third kappa shape index (κ3) is 3.73. The summed E-state index contributed by atoms with van der Waals surface area (Å²) < 4.78 is 10.7. The second-order valence-corrected chi connectivity index (χ2v) is 4.96. The summed E-state index contributed by atoms with van der Waals surface area (Å²) in [7, 11) is 5.28. The molecule has 21 heavy (non-hydrogen) atoms. The van der Waals surface area contributed by atoms with E-state index in [4.69, 9.17) is 9.47 Å². The fourth-order valence-electron chi connectivity index (χ4n) is 2.34. The van der Waals surface area contributed by atoms with Gasteiger partial charge in [0.15, 0.2) is 0 Å². The first-order chi connectivity index (χ1) is 10.2. The van der Waals surface area contributed by atoms with Gasteiger partial charge < -0.3 is 14.8 Å². The zero-order valence-electron chi connectivity index (χ0n) is 13.0. The maximum absolute atomic E-state index is 5.34. The molecule has 1 N–H and O–H groups in total. The lowest BCUT2D eigenvalue weighted by Crippen LogP contribution is -2.20. The molecule has 1 aromatic carbocycles. The van der Waals surface area contributed by atoms with Gasteiger partial charge >= 0.3 is 0 Å². The van der Waals surface area contributed by atoms with Crippen LogP contribution in [0.2, 0.25) is 0 Å². The van der Waals surface area contributed by atoms with Gasteiger partial charge in [-0.15, -0.1) is 0 Å². The van der Waals surface area contributed by atoms with Gasteiger partial charge in [-0.05, 0) is 43.3 Å². The molecular weight excluding hydrogens is 264 g/mol. The number of nitrogens with one attached hydrogen (secondary N) is 1. The van der Waals surface area contributed by atoms with Gasteiger partial charge in [0.05, 0.1) is 14.2 Å². The Morgan fingerprint density at radius 1 is 1.14 bits per heavy atom. The first kappa shape index (κ1) is 15.3. The first-order valence-corrected chi connectivity index (χ1v) is 6.98. The largest absolute Gasteiger partial charge is 0.497 e. The van der Waals surface area contributed by atoms with Crippen LogP contribution in [0.4, 0.5) is 0 Å². The van der Waals surface area contributed by atoms with Crippen LogP contribution in [0, 0.1) is 6.92 Å². The van der Waals surface area contributed by atoms with E-state index in [1.807, 2.05) is 37.5 Å². The van der Waals surface area contributed by atoms with Crippen molar-refractivity contribution in [3.8, 4) is 11.5 Å². The number of rotatable bonds is 6. The summed E-state index contributed by atoms with van der Waals surface area (Å²) in [5.74, 6) is 1.59. The molecule has 112 valence electrons. The zero-order chi connectivity index (χ0) is 15.2. The van der Waals surface area contributed by atoms with Gasteiger partial charge in [-0.1, -0.05) is 6.07 Å². The van der Waals surface area contributed by atoms with Gasteiger partial charge in [0.25, 0.3) is 0 Å². The number of pyridine rings is 1. The van der Waals surface area contributed by atoms with E-state index in [2.05, 4.69) is 23.3 Å². The quantitative estimate of drug-likeness (QED) is 0.886. The molecule has 0 bridgehead atoms. The van der Waals surface area contributed by atoms with E-state index in [-0.39, 0.29) is 6.04 Å². The number of ether oxygens (including phenoxy) is 2. The molecule has 0 spiro atoms. The van der Waals surface area contributed by atoms with Crippen LogP contribution in [0.5, 0.6) is 11.5 Å². The van der Waals surface area contributed by atoms with Crippen molar-refractivity contribution in [2.75, 3.05) is 21.3 Å². The van der Waals surface area contributed by atoms with Crippen LogP contribution in [0.3, 0.4) is 0 Å². The topological polar surface area (TPSA) is 43.4 Å². The number of likely N-dealkylation sites (N-methyl/N-ethyl adjacent to an activating group) is 1. The summed E-state index contributed by atoms with van der Waals surface area (Å²) >= 11 is 0. The van der Waals surface area contributed by atoms with Crippen molar-refractivity contribution < 1.29 is 9.47 Å². The lowest BCUT2D eigenvalue weighted by atomic mass is 9.99. The normalized spacial score (nSPS) is 12.0. The monoisotopic (exact) mass is 286 g/mol. The molecule has 2 rings (SSSR count). The van der Waals surface area contributed by atoms with Crippen LogP contribution >= 0.6 is 0 Å². The summed E-state index contributed by atoms with van der Waals surface area (Å²) in [5, 5.41) is 3.35. The fourth-order valence-corrected chi connectivity index (χ4v) is 2.34. The van der Waals surface area contributed by atoms with Gasteiger partial charge in [0.1, 0.15) is 11.5 Å². The zero-order valence-corrected chi connectivity index (χ0v) is 13.0. The summed E-state index contributed by atoms with van der Waals surface area (Å²) in [6.45, 7) is 2.08. The van der Waals surface area contributed by atoms with Crippen molar-refractivity contribution in [1.29, 1.82) is 0 Å². The van der Waals surface area contributed by atoms with Gasteiger partial charge in [0, 0.05) is 30.4 Å². The molecule has 1 aromatic heterocycles. The van der Waals surface area contributed by atoms with Crippen molar-refractivity contribution in [2.45, 2.75) is 19.4 Å². The Hall–Kier alpha value is -2.07. The van der Waals surface area contributed by atoms with Crippen LogP contribution in [0.25, 0.3) is 0 Å². The maximum Gasteiger partial charge on any atom is 0.122 e. The van der Waals surface area contributed by atoms with Crippen LogP contribution in [0.15, 0.2) is 36.5 Å². The molecule has 0 saturated carbocycles. The molecule has 0 aliphatic carbocycles. The van der Waals surface area contributed by atoms with Gasteiger partial charge in [-0.25, -0.2) is 0 Å². The lowest BCUT2D eigenvalue weighted by Gasteiger charge is -2.19. The van der Waals surface area contributed by atoms with Gasteiger partial charge in [0.2, 0.25) is 0 Å². The summed E-state index contributed by atoms with van der Waals surface area (Å²) in [6.07, 6.45) is 2.65. The molecule has 0 fully saturated rings. The van der Waals surface area contributed by atoms with E-state index in [9.17, 15) is 0 Å². The van der Waals surface area contributed by atoms with Crippen LogP contribution < -0.4 is 14.8 Å². The molecule has 0 saturated heterocycles. The van der Waals surface area contributed by atoms with Crippen LogP contribution in [-0.4, -0.2) is 26.3 Å². The Bertz CT molecular complexity index is 577. The van der Waals surface area contributed by atoms with E-state index in [0.717, 1.165) is 29.2 Å². The maximum atomic E-state index is 5.34. The number of hydrogen-bond donors (Lipinski definition) is 1.